The van der Waals surface area contributed by atoms with Crippen molar-refractivity contribution in [3.63, 3.8) is 0 Å². The molecule has 0 aromatic rings. The summed E-state index contributed by atoms with van der Waals surface area (Å²) < 4.78 is 20.6. The number of ether oxygens (including phenoxy) is 4. The standard InChI is InChI=1S/2C6H12O3.C3H8O3.C3H6O.CH4/c1-6(2)8-3-5(7)4-9-6;1-6(2)8-4-5(3-7)9-6;4-1-3(6)2-5;1-3(2)4;/h2*5,7H,3-4H2,1-2H3;3-6H,1-2H2;1-2H3;1H4. The van der Waals surface area contributed by atoms with Crippen LogP contribution >= 0.6 is 0 Å². The first-order valence-corrected chi connectivity index (χ1v) is 9.04. The Morgan fingerprint density at radius 2 is 1.31 bits per heavy atom. The van der Waals surface area contributed by atoms with Crippen LogP contribution < -0.4 is 0 Å². The van der Waals surface area contributed by atoms with Crippen molar-refractivity contribution in [2.45, 2.75) is 78.9 Å². The van der Waals surface area contributed by atoms with Crippen LogP contribution in [0.3, 0.4) is 0 Å². The second-order valence-corrected chi connectivity index (χ2v) is 7.24. The van der Waals surface area contributed by atoms with E-state index < -0.39 is 23.8 Å². The highest BCUT2D eigenvalue weighted by atomic mass is 16.7. The van der Waals surface area contributed by atoms with Gasteiger partial charge in [0.15, 0.2) is 11.6 Å². The third-order valence-corrected chi connectivity index (χ3v) is 2.94. The first kappa shape index (κ1) is 33.0. The predicted octanol–water partition coefficient (Wildman–Crippen LogP) is -0.176. The van der Waals surface area contributed by atoms with Crippen LogP contribution in [-0.4, -0.2) is 101 Å². The lowest BCUT2D eigenvalue weighted by Gasteiger charge is -2.32. The minimum absolute atomic E-state index is 0. The molecule has 29 heavy (non-hydrogen) atoms. The third kappa shape index (κ3) is 21.8. The number of rotatable bonds is 3. The highest BCUT2D eigenvalue weighted by Gasteiger charge is 2.31. The van der Waals surface area contributed by atoms with E-state index in [2.05, 4.69) is 0 Å². The van der Waals surface area contributed by atoms with Gasteiger partial charge in [0, 0.05) is 0 Å². The van der Waals surface area contributed by atoms with E-state index in [1.54, 1.807) is 0 Å². The Bertz CT molecular complexity index is 380. The van der Waals surface area contributed by atoms with Gasteiger partial charge in [-0.1, -0.05) is 7.43 Å². The monoisotopic (exact) mass is 430 g/mol. The minimum Gasteiger partial charge on any atom is -0.394 e. The Labute approximate surface area is 174 Å². The van der Waals surface area contributed by atoms with Gasteiger partial charge in [-0.2, -0.15) is 0 Å². The maximum Gasteiger partial charge on any atom is 0.163 e. The molecule has 2 aliphatic heterocycles. The molecule has 0 aromatic heterocycles. The molecule has 0 aromatic carbocycles. The summed E-state index contributed by atoms with van der Waals surface area (Å²) in [6, 6.07) is 0. The molecule has 0 aliphatic carbocycles. The number of hydrogen-bond donors (Lipinski definition) is 5. The Morgan fingerprint density at radius 3 is 1.48 bits per heavy atom. The number of hydrogen-bond acceptors (Lipinski definition) is 10. The fourth-order valence-electron chi connectivity index (χ4n) is 1.59. The highest BCUT2D eigenvalue weighted by Crippen LogP contribution is 2.21. The molecule has 0 bridgehead atoms. The lowest BCUT2D eigenvalue weighted by atomic mass is 10.3. The molecule has 10 heteroatoms. The maximum atomic E-state index is 9.44. The molecule has 1 atom stereocenters. The Balaban J connectivity index is -0.000000322. The molecule has 10 nitrogen and oxygen atoms in total. The van der Waals surface area contributed by atoms with Crippen molar-refractivity contribution in [1.29, 1.82) is 0 Å². The number of aliphatic hydroxyl groups excluding tert-OH is 5. The summed E-state index contributed by atoms with van der Waals surface area (Å²) in [6.07, 6.45) is -1.52. The van der Waals surface area contributed by atoms with E-state index in [-0.39, 0.29) is 39.1 Å². The van der Waals surface area contributed by atoms with Gasteiger partial charge >= 0.3 is 0 Å². The molecule has 0 spiro atoms. The van der Waals surface area contributed by atoms with Crippen LogP contribution in [0.15, 0.2) is 0 Å². The number of aliphatic hydroxyl groups is 5. The number of carbonyl (C=O) groups excluding carboxylic acids is 1. The summed E-state index contributed by atoms with van der Waals surface area (Å²) in [7, 11) is 0. The number of Topliss-reactive ketones (excluding diaryl/α,β-unsaturated/α-hetero) is 1. The van der Waals surface area contributed by atoms with Gasteiger partial charge in [-0.25, -0.2) is 0 Å². The van der Waals surface area contributed by atoms with Gasteiger partial charge < -0.3 is 49.3 Å². The Kier molecular flexibility index (Phi) is 19.4. The number of carbonyl (C=O) groups is 1. The summed E-state index contributed by atoms with van der Waals surface area (Å²) in [6.45, 7) is 11.0. The quantitative estimate of drug-likeness (QED) is 0.407. The molecule has 0 amide bonds. The van der Waals surface area contributed by atoms with Crippen molar-refractivity contribution in [2.75, 3.05) is 39.6 Å². The molecule has 178 valence electrons. The zero-order chi connectivity index (χ0) is 22.4. The van der Waals surface area contributed by atoms with Gasteiger partial charge in [0.05, 0.1) is 39.6 Å². The molecule has 2 saturated heterocycles. The van der Waals surface area contributed by atoms with Crippen LogP contribution in [0.25, 0.3) is 0 Å². The lowest BCUT2D eigenvalue weighted by Crippen LogP contribution is -2.41. The Hall–Kier alpha value is -0.690. The molecule has 2 fully saturated rings. The highest BCUT2D eigenvalue weighted by molar-refractivity contribution is 5.72. The smallest absolute Gasteiger partial charge is 0.163 e. The normalized spacial score (nSPS) is 22.0. The largest absolute Gasteiger partial charge is 0.394 e. The summed E-state index contributed by atoms with van der Waals surface area (Å²) >= 11 is 0. The molecule has 1 unspecified atom stereocenters. The second kappa shape index (κ2) is 17.0. The summed E-state index contributed by atoms with van der Waals surface area (Å²) in [4.78, 5) is 9.44. The van der Waals surface area contributed by atoms with Crippen LogP contribution in [0.4, 0.5) is 0 Å². The molecule has 0 radical (unpaired) electrons. The van der Waals surface area contributed by atoms with Crippen molar-refractivity contribution in [2.24, 2.45) is 0 Å². The van der Waals surface area contributed by atoms with Crippen LogP contribution in [0.2, 0.25) is 0 Å². The second-order valence-electron chi connectivity index (χ2n) is 7.24. The van der Waals surface area contributed by atoms with Gasteiger partial charge in [0.25, 0.3) is 0 Å². The topological polar surface area (TPSA) is 155 Å². The van der Waals surface area contributed by atoms with E-state index in [1.165, 1.54) is 13.8 Å². The van der Waals surface area contributed by atoms with Crippen molar-refractivity contribution in [3.8, 4) is 0 Å². The van der Waals surface area contributed by atoms with Gasteiger partial charge in [0.1, 0.15) is 24.1 Å². The summed E-state index contributed by atoms with van der Waals surface area (Å²) in [5, 5.41) is 41.5. The van der Waals surface area contributed by atoms with Gasteiger partial charge in [-0.3, -0.25) is 0 Å². The zero-order valence-electron chi connectivity index (χ0n) is 17.8. The SMILES string of the molecule is C.CC(C)=O.CC1(C)OCC(CO)O1.CC1(C)OCC(O)CO1.OCC(O)CO. The van der Waals surface area contributed by atoms with E-state index in [4.69, 9.17) is 44.5 Å². The van der Waals surface area contributed by atoms with E-state index in [0.29, 0.717) is 19.8 Å². The molecule has 2 aliphatic rings. The van der Waals surface area contributed by atoms with E-state index >= 15 is 0 Å². The van der Waals surface area contributed by atoms with E-state index in [9.17, 15) is 4.79 Å². The van der Waals surface area contributed by atoms with Crippen LogP contribution in [0.5, 0.6) is 0 Å². The van der Waals surface area contributed by atoms with Gasteiger partial charge in [0.2, 0.25) is 0 Å². The number of ketones is 1. The fraction of sp³-hybridized carbons (Fsp3) is 0.947. The lowest BCUT2D eigenvalue weighted by molar-refractivity contribution is -0.272. The zero-order valence-corrected chi connectivity index (χ0v) is 17.8. The van der Waals surface area contributed by atoms with Gasteiger partial charge in [-0.05, 0) is 41.5 Å². The molecule has 2 rings (SSSR count). The predicted molar refractivity (Wildman–Crippen MR) is 107 cm³/mol. The molecule has 0 saturated carbocycles. The molecular weight excluding hydrogens is 388 g/mol. The first-order chi connectivity index (χ1) is 12.8. The van der Waals surface area contributed by atoms with Gasteiger partial charge in [-0.15, -0.1) is 0 Å². The Morgan fingerprint density at radius 1 is 0.931 bits per heavy atom. The van der Waals surface area contributed by atoms with Crippen LogP contribution in [-0.2, 0) is 23.7 Å². The fourth-order valence-corrected chi connectivity index (χ4v) is 1.59. The van der Waals surface area contributed by atoms with E-state index in [0.717, 1.165) is 0 Å². The molecule has 5 N–H and O–H groups in total. The molecule has 2 heterocycles. The molecular formula is C19H42O10. The van der Waals surface area contributed by atoms with Crippen molar-refractivity contribution < 1.29 is 49.3 Å². The van der Waals surface area contributed by atoms with Crippen molar-refractivity contribution in [1.82, 2.24) is 0 Å². The van der Waals surface area contributed by atoms with Crippen molar-refractivity contribution in [3.05, 3.63) is 0 Å². The van der Waals surface area contributed by atoms with E-state index in [1.807, 2.05) is 27.7 Å². The summed E-state index contributed by atoms with van der Waals surface area (Å²) in [5.41, 5.74) is 0. The van der Waals surface area contributed by atoms with Crippen molar-refractivity contribution >= 4 is 5.78 Å². The average molecular weight is 431 g/mol. The summed E-state index contributed by atoms with van der Waals surface area (Å²) in [5.74, 6) is -0.827. The average Bonchev–Trinajstić information content (AvgIpc) is 2.96. The van der Waals surface area contributed by atoms with Crippen LogP contribution in [0.1, 0.15) is 49.0 Å². The maximum absolute atomic E-state index is 9.44. The van der Waals surface area contributed by atoms with Crippen LogP contribution in [0, 0.1) is 0 Å². The minimum atomic E-state index is -0.954. The first-order valence-electron chi connectivity index (χ1n) is 9.04. The third-order valence-electron chi connectivity index (χ3n) is 2.94.